The van der Waals surface area contributed by atoms with E-state index >= 15 is 0 Å². The molecule has 0 saturated carbocycles. The van der Waals surface area contributed by atoms with Gasteiger partial charge >= 0.3 is 6.61 Å². The number of anilines is 1. The number of carbonyl (C=O) groups is 1. The van der Waals surface area contributed by atoms with Crippen molar-refractivity contribution < 1.29 is 23.0 Å². The van der Waals surface area contributed by atoms with Crippen molar-refractivity contribution in [3.63, 3.8) is 0 Å². The molecule has 0 unspecified atom stereocenters. The van der Waals surface area contributed by atoms with E-state index in [9.17, 15) is 13.6 Å². The predicted octanol–water partition coefficient (Wildman–Crippen LogP) is 4.00. The van der Waals surface area contributed by atoms with Crippen LogP contribution in [0, 0.1) is 0 Å². The van der Waals surface area contributed by atoms with E-state index in [4.69, 9.17) is 45.3 Å². The first-order valence-electron chi connectivity index (χ1n) is 7.00. The molecule has 0 aliphatic rings. The van der Waals surface area contributed by atoms with Crippen LogP contribution in [0.25, 0.3) is 0 Å². The van der Waals surface area contributed by atoms with Gasteiger partial charge in [-0.05, 0) is 23.8 Å². The molecule has 1 heterocycles. The molecule has 0 aliphatic heterocycles. The van der Waals surface area contributed by atoms with E-state index in [0.29, 0.717) is 5.56 Å². The van der Waals surface area contributed by atoms with Crippen molar-refractivity contribution in [2.24, 2.45) is 5.10 Å². The maximum absolute atomic E-state index is 12.3. The Kier molecular flexibility index (Phi) is 7.00. The highest BCUT2D eigenvalue weighted by Crippen LogP contribution is 2.34. The van der Waals surface area contributed by atoms with Gasteiger partial charge in [-0.1, -0.05) is 34.8 Å². The fourth-order valence-electron chi connectivity index (χ4n) is 1.86. The molecule has 0 fully saturated rings. The summed E-state index contributed by atoms with van der Waals surface area (Å²) in [6.45, 7) is -2.99. The Morgan fingerprint density at radius 2 is 2.00 bits per heavy atom. The molecule has 12 heteroatoms. The van der Waals surface area contributed by atoms with Crippen LogP contribution in [0.4, 0.5) is 14.5 Å². The minimum absolute atomic E-state index is 0.0625. The third-order valence-corrected chi connectivity index (χ3v) is 4.21. The monoisotopic (exact) mass is 438 g/mol. The van der Waals surface area contributed by atoms with Crippen molar-refractivity contribution in [1.82, 2.24) is 10.4 Å². The van der Waals surface area contributed by atoms with Crippen molar-refractivity contribution >= 4 is 52.6 Å². The molecule has 0 saturated heterocycles. The van der Waals surface area contributed by atoms with Gasteiger partial charge in [0.15, 0.2) is 22.3 Å². The molecular weight excluding hydrogens is 429 g/mol. The molecular formula is C15H11Cl3F2N4O3. The van der Waals surface area contributed by atoms with Gasteiger partial charge in [0, 0.05) is 0 Å². The van der Waals surface area contributed by atoms with E-state index in [1.807, 2.05) is 0 Å². The van der Waals surface area contributed by atoms with Crippen molar-refractivity contribution in [3.8, 4) is 11.5 Å². The van der Waals surface area contributed by atoms with Gasteiger partial charge in [0.1, 0.15) is 5.02 Å². The molecule has 0 aliphatic carbocycles. The Balaban J connectivity index is 2.15. The molecule has 1 aromatic carbocycles. The molecule has 144 valence electrons. The number of alkyl halides is 2. The molecule has 0 spiro atoms. The number of nitrogens with zero attached hydrogens (tertiary/aromatic N) is 2. The predicted molar refractivity (Wildman–Crippen MR) is 98.4 cm³/mol. The number of amides is 1. The molecule has 27 heavy (non-hydrogen) atoms. The van der Waals surface area contributed by atoms with Crippen molar-refractivity contribution in [2.45, 2.75) is 6.61 Å². The van der Waals surface area contributed by atoms with E-state index in [-0.39, 0.29) is 38.1 Å². The lowest BCUT2D eigenvalue weighted by Crippen LogP contribution is -2.20. The van der Waals surface area contributed by atoms with E-state index in [0.717, 1.165) is 0 Å². The number of aromatic nitrogens is 1. The van der Waals surface area contributed by atoms with Crippen LogP contribution in [0.2, 0.25) is 15.2 Å². The SMILES string of the molecule is COc1cc(/C=N/NC(=O)c2nc(Cl)c(Cl)c(N)c2Cl)ccc1OC(F)F. The maximum atomic E-state index is 12.3. The van der Waals surface area contributed by atoms with Crippen molar-refractivity contribution in [3.05, 3.63) is 44.7 Å². The van der Waals surface area contributed by atoms with E-state index in [1.165, 1.54) is 31.5 Å². The number of halogens is 5. The maximum Gasteiger partial charge on any atom is 0.387 e. The number of methoxy groups -OCH3 is 1. The summed E-state index contributed by atoms with van der Waals surface area (Å²) in [4.78, 5) is 15.9. The first-order valence-corrected chi connectivity index (χ1v) is 8.14. The quantitative estimate of drug-likeness (QED) is 0.403. The Labute approximate surface area is 167 Å². The standard InChI is InChI=1S/C15H11Cl3F2N4O3/c1-26-8-4-6(2-3-7(8)27-15(19)20)5-22-24-14(25)12-9(16)11(21)10(17)13(18)23-12/h2-5,15H,1H3,(H2,21,23)(H,24,25)/b22-5+. The largest absolute Gasteiger partial charge is 0.493 e. The first-order chi connectivity index (χ1) is 12.7. The minimum Gasteiger partial charge on any atom is -0.493 e. The van der Waals surface area contributed by atoms with Gasteiger partial charge in [-0.2, -0.15) is 13.9 Å². The fourth-order valence-corrected chi connectivity index (χ4v) is 2.45. The highest BCUT2D eigenvalue weighted by Gasteiger charge is 2.19. The summed E-state index contributed by atoms with van der Waals surface area (Å²) in [5, 5.41) is 3.29. The van der Waals surface area contributed by atoms with Crippen LogP contribution in [0.5, 0.6) is 11.5 Å². The summed E-state index contributed by atoms with van der Waals surface area (Å²) in [6, 6.07) is 4.08. The van der Waals surface area contributed by atoms with Crippen LogP contribution in [0.15, 0.2) is 23.3 Å². The van der Waals surface area contributed by atoms with Gasteiger partial charge in [0.05, 0.1) is 24.0 Å². The zero-order valence-corrected chi connectivity index (χ0v) is 15.7. The third-order valence-electron chi connectivity index (χ3n) is 3.07. The lowest BCUT2D eigenvalue weighted by molar-refractivity contribution is -0.0512. The van der Waals surface area contributed by atoms with Gasteiger partial charge in [0.2, 0.25) is 0 Å². The smallest absolute Gasteiger partial charge is 0.387 e. The number of nitrogens with one attached hydrogen (secondary N) is 1. The average Bonchev–Trinajstić information content (AvgIpc) is 2.63. The van der Waals surface area contributed by atoms with Crippen LogP contribution >= 0.6 is 34.8 Å². The summed E-state index contributed by atoms with van der Waals surface area (Å²) < 4.78 is 33.9. The minimum atomic E-state index is -2.99. The molecule has 0 bridgehead atoms. The lowest BCUT2D eigenvalue weighted by Gasteiger charge is -2.10. The molecule has 1 aromatic heterocycles. The summed E-state index contributed by atoms with van der Waals surface area (Å²) in [5.41, 5.74) is 7.89. The number of pyridine rings is 1. The fraction of sp³-hybridized carbons (Fsp3) is 0.133. The average molecular weight is 440 g/mol. The van der Waals surface area contributed by atoms with E-state index in [1.54, 1.807) is 0 Å². The Hall–Kier alpha value is -2.36. The molecule has 3 N–H and O–H groups in total. The van der Waals surface area contributed by atoms with Gasteiger partial charge in [0.25, 0.3) is 5.91 Å². The molecule has 0 atom stereocenters. The van der Waals surface area contributed by atoms with Crippen molar-refractivity contribution in [2.75, 3.05) is 12.8 Å². The van der Waals surface area contributed by atoms with Gasteiger partial charge in [-0.15, -0.1) is 0 Å². The number of rotatable bonds is 6. The highest BCUT2D eigenvalue weighted by atomic mass is 35.5. The summed E-state index contributed by atoms with van der Waals surface area (Å²) in [7, 11) is 1.29. The Morgan fingerprint density at radius 1 is 1.30 bits per heavy atom. The van der Waals surface area contributed by atoms with Gasteiger partial charge < -0.3 is 15.2 Å². The topological polar surface area (TPSA) is 98.8 Å². The zero-order valence-electron chi connectivity index (χ0n) is 13.5. The zero-order chi connectivity index (χ0) is 20.1. The van der Waals surface area contributed by atoms with Crippen molar-refractivity contribution in [1.29, 1.82) is 0 Å². The molecule has 2 aromatic rings. The second-order valence-electron chi connectivity index (χ2n) is 4.78. The lowest BCUT2D eigenvalue weighted by atomic mass is 10.2. The van der Waals surface area contributed by atoms with E-state index in [2.05, 4.69) is 20.2 Å². The summed E-state index contributed by atoms with van der Waals surface area (Å²) in [6.07, 6.45) is 1.24. The second-order valence-corrected chi connectivity index (χ2v) is 5.89. The molecule has 0 radical (unpaired) electrons. The number of ether oxygens (including phenoxy) is 2. The number of hydrogen-bond donors (Lipinski definition) is 2. The first kappa shape index (κ1) is 20.9. The van der Waals surface area contributed by atoms with Gasteiger partial charge in [-0.25, -0.2) is 10.4 Å². The number of benzene rings is 1. The van der Waals surface area contributed by atoms with Gasteiger partial charge in [-0.3, -0.25) is 4.79 Å². The number of hydrogen-bond acceptors (Lipinski definition) is 6. The van der Waals surface area contributed by atoms with E-state index < -0.39 is 12.5 Å². The third kappa shape index (κ3) is 5.09. The second kappa shape index (κ2) is 9.03. The van der Waals surface area contributed by atoms with Crippen LogP contribution in [-0.2, 0) is 0 Å². The molecule has 7 nitrogen and oxygen atoms in total. The van der Waals surface area contributed by atoms with Crippen LogP contribution in [0.3, 0.4) is 0 Å². The Bertz CT molecular complexity index is 897. The highest BCUT2D eigenvalue weighted by molar-refractivity contribution is 6.46. The molecule has 2 rings (SSSR count). The number of nitrogen functional groups attached to an aromatic ring is 1. The normalized spacial score (nSPS) is 11.1. The number of nitrogens with two attached hydrogens (primary N) is 1. The summed E-state index contributed by atoms with van der Waals surface area (Å²) >= 11 is 17.5. The number of carbonyl (C=O) groups excluding carboxylic acids is 1. The summed E-state index contributed by atoms with van der Waals surface area (Å²) in [5.74, 6) is -0.866. The van der Waals surface area contributed by atoms with Crippen LogP contribution in [-0.4, -0.2) is 30.8 Å². The molecule has 1 amide bonds. The number of hydrazone groups is 1. The van der Waals surface area contributed by atoms with Crippen LogP contribution in [0.1, 0.15) is 16.1 Å². The van der Waals surface area contributed by atoms with Crippen LogP contribution < -0.4 is 20.6 Å². The Morgan fingerprint density at radius 3 is 2.63 bits per heavy atom.